The summed E-state index contributed by atoms with van der Waals surface area (Å²) < 4.78 is 5.40. The third-order valence-corrected chi connectivity index (χ3v) is 2.97. The molecule has 19 heavy (non-hydrogen) atoms. The van der Waals surface area contributed by atoms with Gasteiger partial charge in [-0.3, -0.25) is 4.98 Å². The number of pyridine rings is 1. The second-order valence-corrected chi connectivity index (χ2v) is 4.39. The summed E-state index contributed by atoms with van der Waals surface area (Å²) in [5.41, 5.74) is 1.92. The molecule has 0 saturated heterocycles. The molecule has 1 atom stereocenters. The molecule has 0 aliphatic carbocycles. The monoisotopic (exact) mass is 257 g/mol. The molecule has 2 rings (SSSR count). The van der Waals surface area contributed by atoms with Gasteiger partial charge in [-0.1, -0.05) is 18.2 Å². The number of ether oxygens (including phenoxy) is 1. The van der Waals surface area contributed by atoms with Gasteiger partial charge in [0.25, 0.3) is 0 Å². The van der Waals surface area contributed by atoms with Gasteiger partial charge in [0.15, 0.2) is 0 Å². The molecule has 2 aromatic rings. The lowest BCUT2D eigenvalue weighted by Gasteiger charge is -2.10. The van der Waals surface area contributed by atoms with E-state index in [1.54, 1.807) is 6.20 Å². The van der Waals surface area contributed by atoms with E-state index in [2.05, 4.69) is 4.98 Å². The van der Waals surface area contributed by atoms with Gasteiger partial charge in [-0.2, -0.15) is 0 Å². The number of nitrogens with zero attached hydrogens (tertiary/aromatic N) is 1. The highest BCUT2D eigenvalue weighted by Gasteiger charge is 2.08. The second-order valence-electron chi connectivity index (χ2n) is 4.39. The van der Waals surface area contributed by atoms with Crippen LogP contribution in [0.2, 0.25) is 0 Å². The van der Waals surface area contributed by atoms with E-state index in [1.807, 2.05) is 49.4 Å². The molecule has 1 aromatic heterocycles. The maximum Gasteiger partial charge on any atom is 0.119 e. The number of hydrogen-bond donors (Lipinski definition) is 1. The van der Waals surface area contributed by atoms with Crippen LogP contribution in [0, 0.1) is 0 Å². The fraction of sp³-hybridized carbons (Fsp3) is 0.312. The van der Waals surface area contributed by atoms with E-state index in [0.717, 1.165) is 17.9 Å². The normalized spacial score (nSPS) is 12.1. The van der Waals surface area contributed by atoms with Crippen molar-refractivity contribution in [3.05, 3.63) is 59.9 Å². The molecule has 3 nitrogen and oxygen atoms in total. The van der Waals surface area contributed by atoms with Gasteiger partial charge in [-0.05, 0) is 49.6 Å². The fourth-order valence-corrected chi connectivity index (χ4v) is 1.94. The minimum absolute atomic E-state index is 0.507. The smallest absolute Gasteiger partial charge is 0.119 e. The number of aryl methyl sites for hydroxylation is 1. The van der Waals surface area contributed by atoms with Gasteiger partial charge in [0.1, 0.15) is 5.75 Å². The van der Waals surface area contributed by atoms with Gasteiger partial charge in [-0.25, -0.2) is 0 Å². The topological polar surface area (TPSA) is 42.4 Å². The number of benzene rings is 1. The molecule has 0 bridgehead atoms. The molecule has 3 heteroatoms. The average Bonchev–Trinajstić information content (AvgIpc) is 2.47. The Balaban J connectivity index is 1.88. The van der Waals surface area contributed by atoms with Crippen molar-refractivity contribution in [3.63, 3.8) is 0 Å². The second kappa shape index (κ2) is 6.90. The zero-order valence-corrected chi connectivity index (χ0v) is 11.1. The van der Waals surface area contributed by atoms with Crippen molar-refractivity contribution >= 4 is 0 Å². The van der Waals surface area contributed by atoms with Gasteiger partial charge in [0, 0.05) is 6.20 Å². The fourth-order valence-electron chi connectivity index (χ4n) is 1.94. The van der Waals surface area contributed by atoms with Crippen LogP contribution < -0.4 is 4.74 Å². The van der Waals surface area contributed by atoms with Crippen LogP contribution in [0.4, 0.5) is 0 Å². The third kappa shape index (κ3) is 4.07. The van der Waals surface area contributed by atoms with Crippen LogP contribution in [0.25, 0.3) is 0 Å². The Labute approximate surface area is 113 Å². The molecular weight excluding hydrogens is 238 g/mol. The van der Waals surface area contributed by atoms with Gasteiger partial charge in [0.05, 0.1) is 18.4 Å². The van der Waals surface area contributed by atoms with E-state index in [9.17, 15) is 5.11 Å². The first kappa shape index (κ1) is 13.6. The summed E-state index contributed by atoms with van der Waals surface area (Å²) in [7, 11) is 0. The van der Waals surface area contributed by atoms with Gasteiger partial charge in [0.2, 0.25) is 0 Å². The highest BCUT2D eigenvalue weighted by molar-refractivity contribution is 5.27. The van der Waals surface area contributed by atoms with E-state index in [0.29, 0.717) is 13.0 Å². The Bertz CT molecular complexity index is 482. The molecule has 0 fully saturated rings. The molecule has 0 amide bonds. The predicted molar refractivity (Wildman–Crippen MR) is 75.1 cm³/mol. The number of hydrogen-bond acceptors (Lipinski definition) is 3. The molecule has 0 aliphatic heterocycles. The summed E-state index contributed by atoms with van der Waals surface area (Å²) in [6.07, 6.45) is 2.69. The summed E-state index contributed by atoms with van der Waals surface area (Å²) in [6, 6.07) is 13.6. The van der Waals surface area contributed by atoms with Crippen LogP contribution >= 0.6 is 0 Å². The summed E-state index contributed by atoms with van der Waals surface area (Å²) in [5, 5.41) is 10.0. The quantitative estimate of drug-likeness (QED) is 0.864. The van der Waals surface area contributed by atoms with E-state index in [1.165, 1.54) is 5.56 Å². The van der Waals surface area contributed by atoms with Crippen molar-refractivity contribution in [2.75, 3.05) is 6.61 Å². The van der Waals surface area contributed by atoms with E-state index in [4.69, 9.17) is 4.74 Å². The molecule has 100 valence electrons. The van der Waals surface area contributed by atoms with Crippen LogP contribution in [0.1, 0.15) is 30.7 Å². The Morgan fingerprint density at radius 3 is 2.58 bits per heavy atom. The summed E-state index contributed by atoms with van der Waals surface area (Å²) >= 11 is 0. The Kier molecular flexibility index (Phi) is 4.93. The maximum atomic E-state index is 10.0. The number of aliphatic hydroxyl groups excluding tert-OH is 1. The van der Waals surface area contributed by atoms with Crippen LogP contribution in [0.15, 0.2) is 48.7 Å². The molecule has 1 aromatic carbocycles. The standard InChI is InChI=1S/C16H19NO2/c1-2-19-14-9-6-13(7-10-14)8-11-16(18)15-5-3-4-12-17-15/h3-7,9-10,12,16,18H,2,8,11H2,1H3. The Morgan fingerprint density at radius 2 is 1.95 bits per heavy atom. The van der Waals surface area contributed by atoms with Crippen LogP contribution in [-0.2, 0) is 6.42 Å². The van der Waals surface area contributed by atoms with E-state index < -0.39 is 6.10 Å². The first-order chi connectivity index (χ1) is 9.29. The van der Waals surface area contributed by atoms with E-state index in [-0.39, 0.29) is 0 Å². The Hall–Kier alpha value is -1.87. The van der Waals surface area contributed by atoms with Crippen molar-refractivity contribution in [1.29, 1.82) is 0 Å². The molecule has 0 saturated carbocycles. The van der Waals surface area contributed by atoms with Crippen molar-refractivity contribution < 1.29 is 9.84 Å². The summed E-state index contributed by atoms with van der Waals surface area (Å²) in [4.78, 5) is 4.16. The summed E-state index contributed by atoms with van der Waals surface area (Å²) in [5.74, 6) is 0.886. The van der Waals surface area contributed by atoms with Crippen LogP contribution in [-0.4, -0.2) is 16.7 Å². The third-order valence-electron chi connectivity index (χ3n) is 2.97. The molecule has 0 aliphatic rings. The first-order valence-corrected chi connectivity index (χ1v) is 6.60. The minimum Gasteiger partial charge on any atom is -0.494 e. The number of rotatable bonds is 6. The highest BCUT2D eigenvalue weighted by atomic mass is 16.5. The zero-order valence-electron chi connectivity index (χ0n) is 11.1. The highest BCUT2D eigenvalue weighted by Crippen LogP contribution is 2.18. The van der Waals surface area contributed by atoms with Crippen molar-refractivity contribution in [2.45, 2.75) is 25.9 Å². The first-order valence-electron chi connectivity index (χ1n) is 6.60. The minimum atomic E-state index is -0.507. The van der Waals surface area contributed by atoms with Crippen LogP contribution in [0.3, 0.4) is 0 Å². The molecule has 1 heterocycles. The Morgan fingerprint density at radius 1 is 1.16 bits per heavy atom. The largest absolute Gasteiger partial charge is 0.494 e. The van der Waals surface area contributed by atoms with Crippen LogP contribution in [0.5, 0.6) is 5.75 Å². The lowest BCUT2D eigenvalue weighted by atomic mass is 10.0. The predicted octanol–water partition coefficient (Wildman–Crippen LogP) is 3.15. The molecule has 1 unspecified atom stereocenters. The van der Waals surface area contributed by atoms with Gasteiger partial charge < -0.3 is 9.84 Å². The molecular formula is C16H19NO2. The zero-order chi connectivity index (χ0) is 13.5. The maximum absolute atomic E-state index is 10.0. The van der Waals surface area contributed by atoms with E-state index >= 15 is 0 Å². The SMILES string of the molecule is CCOc1ccc(CCC(O)c2ccccn2)cc1. The lowest BCUT2D eigenvalue weighted by molar-refractivity contribution is 0.163. The lowest BCUT2D eigenvalue weighted by Crippen LogP contribution is -2.01. The van der Waals surface area contributed by atoms with Crippen molar-refractivity contribution in [2.24, 2.45) is 0 Å². The molecule has 1 N–H and O–H groups in total. The summed E-state index contributed by atoms with van der Waals surface area (Å²) in [6.45, 7) is 2.65. The average molecular weight is 257 g/mol. The van der Waals surface area contributed by atoms with Gasteiger partial charge >= 0.3 is 0 Å². The molecule has 0 radical (unpaired) electrons. The molecule has 0 spiro atoms. The number of aromatic nitrogens is 1. The number of aliphatic hydroxyl groups is 1. The van der Waals surface area contributed by atoms with Crippen molar-refractivity contribution in [1.82, 2.24) is 4.98 Å². The van der Waals surface area contributed by atoms with Gasteiger partial charge in [-0.15, -0.1) is 0 Å². The van der Waals surface area contributed by atoms with Crippen molar-refractivity contribution in [3.8, 4) is 5.75 Å².